The standard InChI is InChI=1S/C11H21N5/c1-6-9-13-10(12-7-2)8(3)11(14-9)15-16(4)5/h6-7H2,1-5H3,(H2,12,13,14,15). The first-order valence-corrected chi connectivity index (χ1v) is 5.63. The molecule has 1 rings (SSSR count). The Morgan fingerprint density at radius 1 is 1.12 bits per heavy atom. The van der Waals surface area contributed by atoms with Crippen LogP contribution in [0.4, 0.5) is 11.6 Å². The first kappa shape index (κ1) is 12.7. The third kappa shape index (κ3) is 3.06. The van der Waals surface area contributed by atoms with Gasteiger partial charge in [-0.2, -0.15) is 0 Å². The molecule has 1 aromatic rings. The average Bonchev–Trinajstić information content (AvgIpc) is 2.23. The van der Waals surface area contributed by atoms with Gasteiger partial charge in [0.2, 0.25) is 0 Å². The first-order valence-electron chi connectivity index (χ1n) is 5.63. The van der Waals surface area contributed by atoms with Crippen LogP contribution in [0.1, 0.15) is 25.2 Å². The summed E-state index contributed by atoms with van der Waals surface area (Å²) in [4.78, 5) is 8.94. The van der Waals surface area contributed by atoms with E-state index in [-0.39, 0.29) is 0 Å². The molecule has 0 unspecified atom stereocenters. The summed E-state index contributed by atoms with van der Waals surface area (Å²) in [7, 11) is 3.89. The van der Waals surface area contributed by atoms with Crippen LogP contribution < -0.4 is 10.7 Å². The van der Waals surface area contributed by atoms with Gasteiger partial charge in [-0.3, -0.25) is 0 Å². The second-order valence-corrected chi connectivity index (χ2v) is 3.85. The molecule has 0 spiro atoms. The quantitative estimate of drug-likeness (QED) is 0.744. The van der Waals surface area contributed by atoms with Gasteiger partial charge in [0.15, 0.2) is 0 Å². The molecule has 0 aliphatic heterocycles. The van der Waals surface area contributed by atoms with Crippen LogP contribution >= 0.6 is 0 Å². The van der Waals surface area contributed by atoms with E-state index in [1.165, 1.54) is 0 Å². The van der Waals surface area contributed by atoms with E-state index >= 15 is 0 Å². The molecule has 90 valence electrons. The summed E-state index contributed by atoms with van der Waals surface area (Å²) in [6.45, 7) is 7.00. The lowest BCUT2D eigenvalue weighted by Crippen LogP contribution is -2.22. The van der Waals surface area contributed by atoms with Gasteiger partial charge < -0.3 is 10.7 Å². The molecule has 1 aromatic heterocycles. The molecule has 0 aromatic carbocycles. The molecule has 0 radical (unpaired) electrons. The predicted octanol–water partition coefficient (Wildman–Crippen LogP) is 1.67. The second-order valence-electron chi connectivity index (χ2n) is 3.85. The monoisotopic (exact) mass is 223 g/mol. The van der Waals surface area contributed by atoms with E-state index in [2.05, 4.69) is 34.6 Å². The van der Waals surface area contributed by atoms with Crippen LogP contribution in [0.5, 0.6) is 0 Å². The lowest BCUT2D eigenvalue weighted by molar-refractivity contribution is 0.491. The number of nitrogens with one attached hydrogen (secondary N) is 2. The van der Waals surface area contributed by atoms with Crippen molar-refractivity contribution >= 4 is 11.6 Å². The molecular formula is C11H21N5. The van der Waals surface area contributed by atoms with Crippen molar-refractivity contribution in [2.75, 3.05) is 31.4 Å². The van der Waals surface area contributed by atoms with Gasteiger partial charge in [0.1, 0.15) is 17.5 Å². The second kappa shape index (κ2) is 5.65. The van der Waals surface area contributed by atoms with E-state index < -0.39 is 0 Å². The number of aryl methyl sites for hydroxylation is 1. The maximum absolute atomic E-state index is 4.47. The number of hydrogen-bond acceptors (Lipinski definition) is 5. The lowest BCUT2D eigenvalue weighted by Gasteiger charge is -2.17. The zero-order valence-electron chi connectivity index (χ0n) is 10.8. The molecule has 0 aliphatic rings. The van der Waals surface area contributed by atoms with Crippen molar-refractivity contribution in [1.82, 2.24) is 15.0 Å². The molecule has 5 nitrogen and oxygen atoms in total. The summed E-state index contributed by atoms with van der Waals surface area (Å²) in [5.41, 5.74) is 4.24. The van der Waals surface area contributed by atoms with Crippen molar-refractivity contribution in [2.24, 2.45) is 0 Å². The Kier molecular flexibility index (Phi) is 4.49. The minimum atomic E-state index is 0.834. The average molecular weight is 223 g/mol. The van der Waals surface area contributed by atoms with Gasteiger partial charge in [0, 0.05) is 32.6 Å². The van der Waals surface area contributed by atoms with E-state index in [0.29, 0.717) is 0 Å². The van der Waals surface area contributed by atoms with Gasteiger partial charge in [-0.1, -0.05) is 6.92 Å². The van der Waals surface area contributed by atoms with E-state index in [0.717, 1.165) is 36.0 Å². The largest absolute Gasteiger partial charge is 0.370 e. The van der Waals surface area contributed by atoms with Crippen molar-refractivity contribution in [3.8, 4) is 0 Å². The molecule has 0 saturated heterocycles. The van der Waals surface area contributed by atoms with Gasteiger partial charge >= 0.3 is 0 Å². The summed E-state index contributed by atoms with van der Waals surface area (Å²) in [6.07, 6.45) is 0.834. The molecule has 16 heavy (non-hydrogen) atoms. The highest BCUT2D eigenvalue weighted by Crippen LogP contribution is 2.20. The summed E-state index contributed by atoms with van der Waals surface area (Å²) >= 11 is 0. The van der Waals surface area contributed by atoms with Gasteiger partial charge in [-0.05, 0) is 13.8 Å². The van der Waals surface area contributed by atoms with Crippen LogP contribution in [0.15, 0.2) is 0 Å². The third-order valence-corrected chi connectivity index (χ3v) is 2.18. The van der Waals surface area contributed by atoms with Crippen molar-refractivity contribution < 1.29 is 0 Å². The summed E-state index contributed by atoms with van der Waals surface area (Å²) in [5.74, 6) is 2.64. The smallest absolute Gasteiger partial charge is 0.149 e. The molecule has 0 amide bonds. The zero-order chi connectivity index (χ0) is 12.1. The maximum atomic E-state index is 4.47. The lowest BCUT2D eigenvalue weighted by atomic mass is 10.3. The van der Waals surface area contributed by atoms with Crippen molar-refractivity contribution in [2.45, 2.75) is 27.2 Å². The highest BCUT2D eigenvalue weighted by atomic mass is 15.5. The number of hydrazine groups is 1. The van der Waals surface area contributed by atoms with Gasteiger partial charge in [0.25, 0.3) is 0 Å². The van der Waals surface area contributed by atoms with Crippen molar-refractivity contribution in [1.29, 1.82) is 0 Å². The highest BCUT2D eigenvalue weighted by molar-refractivity contribution is 5.56. The van der Waals surface area contributed by atoms with E-state index in [1.54, 1.807) is 0 Å². The van der Waals surface area contributed by atoms with Crippen LogP contribution in [0.25, 0.3) is 0 Å². The topological polar surface area (TPSA) is 53.1 Å². The minimum Gasteiger partial charge on any atom is -0.370 e. The Balaban J connectivity index is 3.09. The Labute approximate surface area is 97.3 Å². The Morgan fingerprint density at radius 2 is 1.75 bits per heavy atom. The maximum Gasteiger partial charge on any atom is 0.149 e. The van der Waals surface area contributed by atoms with Crippen LogP contribution in [0.3, 0.4) is 0 Å². The fourth-order valence-corrected chi connectivity index (χ4v) is 1.38. The molecule has 5 heteroatoms. The molecule has 0 fully saturated rings. The van der Waals surface area contributed by atoms with Crippen molar-refractivity contribution in [3.05, 3.63) is 11.4 Å². The molecule has 0 atom stereocenters. The Morgan fingerprint density at radius 3 is 2.25 bits per heavy atom. The van der Waals surface area contributed by atoms with Gasteiger partial charge in [-0.15, -0.1) is 0 Å². The molecule has 2 N–H and O–H groups in total. The van der Waals surface area contributed by atoms with E-state index in [4.69, 9.17) is 0 Å². The first-order chi connectivity index (χ1) is 7.58. The van der Waals surface area contributed by atoms with Gasteiger partial charge in [-0.25, -0.2) is 15.0 Å². The summed E-state index contributed by atoms with van der Waals surface area (Å²) in [5, 5.41) is 5.13. The normalized spacial score (nSPS) is 10.6. The predicted molar refractivity (Wildman–Crippen MR) is 67.6 cm³/mol. The van der Waals surface area contributed by atoms with Crippen LogP contribution in [0, 0.1) is 6.92 Å². The molecule has 0 saturated carbocycles. The number of anilines is 2. The molecule has 1 heterocycles. The summed E-state index contributed by atoms with van der Waals surface area (Å²) in [6, 6.07) is 0. The Hall–Kier alpha value is -1.36. The fourth-order valence-electron chi connectivity index (χ4n) is 1.38. The van der Waals surface area contributed by atoms with Crippen molar-refractivity contribution in [3.63, 3.8) is 0 Å². The number of rotatable bonds is 5. The number of nitrogens with zero attached hydrogens (tertiary/aromatic N) is 3. The highest BCUT2D eigenvalue weighted by Gasteiger charge is 2.09. The summed E-state index contributed by atoms with van der Waals surface area (Å²) < 4.78 is 0. The molecule has 0 aliphatic carbocycles. The zero-order valence-corrected chi connectivity index (χ0v) is 10.8. The Bertz CT molecular complexity index is 348. The molecule has 0 bridgehead atoms. The fraction of sp³-hybridized carbons (Fsp3) is 0.636. The number of hydrogen-bond donors (Lipinski definition) is 2. The van der Waals surface area contributed by atoms with Crippen LogP contribution in [-0.2, 0) is 6.42 Å². The van der Waals surface area contributed by atoms with Crippen LogP contribution in [-0.4, -0.2) is 35.6 Å². The molecular weight excluding hydrogens is 202 g/mol. The van der Waals surface area contributed by atoms with E-state index in [9.17, 15) is 0 Å². The third-order valence-electron chi connectivity index (χ3n) is 2.18. The van der Waals surface area contributed by atoms with Gasteiger partial charge in [0.05, 0.1) is 0 Å². The minimum absolute atomic E-state index is 0.834. The SMILES string of the molecule is CCNc1nc(CC)nc(NN(C)C)c1C. The van der Waals surface area contributed by atoms with E-state index in [1.807, 2.05) is 26.0 Å². The number of aromatic nitrogens is 2. The van der Waals surface area contributed by atoms with Crippen LogP contribution in [0.2, 0.25) is 0 Å².